The molecular weight excluding hydrogens is 366 g/mol. The lowest BCUT2D eigenvalue weighted by Gasteiger charge is -2.19. The van der Waals surface area contributed by atoms with Crippen molar-refractivity contribution in [3.8, 4) is 11.5 Å². The average Bonchev–Trinajstić information content (AvgIpc) is 2.70. The maximum absolute atomic E-state index is 12.4. The van der Waals surface area contributed by atoms with Gasteiger partial charge in [0.15, 0.2) is 11.5 Å². The Balaban J connectivity index is 1.42. The summed E-state index contributed by atoms with van der Waals surface area (Å²) in [5.41, 5.74) is 1.94. The number of carbonyl (C=O) groups is 1. The maximum Gasteiger partial charge on any atom is 0.257 e. The van der Waals surface area contributed by atoms with E-state index >= 15 is 0 Å². The minimum Gasteiger partial charge on any atom is -0.486 e. The lowest BCUT2D eigenvalue weighted by molar-refractivity contribution is 0.102. The van der Waals surface area contributed by atoms with Crippen molar-refractivity contribution in [3.05, 3.63) is 71.4 Å². The molecule has 7 heteroatoms. The molecule has 0 fully saturated rings. The Hall–Kier alpha value is -3.25. The molecular formula is C20H16ClN3O3. The lowest BCUT2D eigenvalue weighted by atomic mass is 10.2. The molecule has 1 amide bonds. The van der Waals surface area contributed by atoms with Crippen molar-refractivity contribution in [1.29, 1.82) is 0 Å². The number of aromatic nitrogens is 1. The molecule has 6 nitrogen and oxygen atoms in total. The van der Waals surface area contributed by atoms with E-state index in [1.807, 2.05) is 12.1 Å². The zero-order chi connectivity index (χ0) is 18.6. The minimum absolute atomic E-state index is 0.253. The molecule has 1 aromatic heterocycles. The minimum atomic E-state index is -0.253. The molecule has 2 heterocycles. The van der Waals surface area contributed by atoms with Crippen LogP contribution in [0.5, 0.6) is 11.5 Å². The molecule has 4 rings (SSSR count). The van der Waals surface area contributed by atoms with E-state index in [9.17, 15) is 4.79 Å². The van der Waals surface area contributed by atoms with Crippen molar-refractivity contribution in [2.45, 2.75) is 0 Å². The highest BCUT2D eigenvalue weighted by atomic mass is 35.5. The van der Waals surface area contributed by atoms with Gasteiger partial charge in [-0.25, -0.2) is 4.98 Å². The fourth-order valence-corrected chi connectivity index (χ4v) is 2.73. The summed E-state index contributed by atoms with van der Waals surface area (Å²) in [6.45, 7) is 1.02. The number of pyridine rings is 1. The van der Waals surface area contributed by atoms with Gasteiger partial charge < -0.3 is 20.1 Å². The third-order valence-electron chi connectivity index (χ3n) is 3.94. The third-order valence-corrected chi connectivity index (χ3v) is 4.19. The second kappa shape index (κ2) is 7.55. The van der Waals surface area contributed by atoms with Gasteiger partial charge >= 0.3 is 0 Å². The monoisotopic (exact) mass is 381 g/mol. The van der Waals surface area contributed by atoms with Crippen molar-refractivity contribution in [1.82, 2.24) is 4.98 Å². The largest absolute Gasteiger partial charge is 0.486 e. The van der Waals surface area contributed by atoms with Gasteiger partial charge in [0, 0.05) is 28.7 Å². The normalized spacial score (nSPS) is 12.3. The van der Waals surface area contributed by atoms with Crippen molar-refractivity contribution >= 4 is 34.7 Å². The highest BCUT2D eigenvalue weighted by Crippen LogP contribution is 2.32. The second-order valence-electron chi connectivity index (χ2n) is 5.88. The summed E-state index contributed by atoms with van der Waals surface area (Å²) >= 11 is 5.87. The molecule has 0 bridgehead atoms. The first kappa shape index (κ1) is 17.2. The highest BCUT2D eigenvalue weighted by Gasteiger charge is 2.13. The fourth-order valence-electron chi connectivity index (χ4n) is 2.61. The van der Waals surface area contributed by atoms with Gasteiger partial charge in [-0.2, -0.15) is 0 Å². The van der Waals surface area contributed by atoms with Crippen molar-refractivity contribution < 1.29 is 14.3 Å². The molecule has 0 unspecified atom stereocenters. The van der Waals surface area contributed by atoms with Crippen LogP contribution < -0.4 is 20.1 Å². The number of nitrogens with one attached hydrogen (secondary N) is 2. The van der Waals surface area contributed by atoms with Crippen LogP contribution in [0.15, 0.2) is 60.8 Å². The third kappa shape index (κ3) is 4.12. The zero-order valence-electron chi connectivity index (χ0n) is 14.2. The first-order chi connectivity index (χ1) is 13.2. The molecule has 0 radical (unpaired) electrons. The van der Waals surface area contributed by atoms with Gasteiger partial charge in [0.05, 0.1) is 5.56 Å². The van der Waals surface area contributed by atoms with Crippen LogP contribution in [0.2, 0.25) is 5.02 Å². The van der Waals surface area contributed by atoms with Crippen LogP contribution in [-0.4, -0.2) is 24.1 Å². The quantitative estimate of drug-likeness (QED) is 0.696. The van der Waals surface area contributed by atoms with E-state index in [0.29, 0.717) is 46.8 Å². The van der Waals surface area contributed by atoms with E-state index in [4.69, 9.17) is 21.1 Å². The summed E-state index contributed by atoms with van der Waals surface area (Å²) in [4.78, 5) is 16.7. The predicted molar refractivity (Wildman–Crippen MR) is 104 cm³/mol. The Morgan fingerprint density at radius 1 is 0.926 bits per heavy atom. The number of hydrogen-bond donors (Lipinski definition) is 2. The summed E-state index contributed by atoms with van der Waals surface area (Å²) in [6.07, 6.45) is 1.52. The first-order valence-electron chi connectivity index (χ1n) is 8.37. The molecule has 0 aliphatic carbocycles. The summed E-state index contributed by atoms with van der Waals surface area (Å²) < 4.78 is 11.0. The molecule has 2 aromatic carbocycles. The van der Waals surface area contributed by atoms with E-state index in [-0.39, 0.29) is 5.91 Å². The average molecular weight is 382 g/mol. The van der Waals surface area contributed by atoms with E-state index in [1.54, 1.807) is 42.5 Å². The number of fused-ring (bicyclic) bond motifs is 1. The Kier molecular flexibility index (Phi) is 4.80. The molecule has 1 aliphatic rings. The smallest absolute Gasteiger partial charge is 0.257 e. The highest BCUT2D eigenvalue weighted by molar-refractivity contribution is 6.30. The first-order valence-corrected chi connectivity index (χ1v) is 8.75. The number of ether oxygens (including phenoxy) is 2. The Morgan fingerprint density at radius 3 is 2.41 bits per heavy atom. The van der Waals surface area contributed by atoms with Crippen molar-refractivity contribution in [3.63, 3.8) is 0 Å². The molecule has 136 valence electrons. The molecule has 1 aliphatic heterocycles. The number of halogens is 1. The Bertz CT molecular complexity index is 959. The Morgan fingerprint density at radius 2 is 1.67 bits per heavy atom. The summed E-state index contributed by atoms with van der Waals surface area (Å²) in [5.74, 6) is 1.68. The molecule has 3 aromatic rings. The van der Waals surface area contributed by atoms with E-state index < -0.39 is 0 Å². The van der Waals surface area contributed by atoms with Gasteiger partial charge in [-0.15, -0.1) is 0 Å². The van der Waals surface area contributed by atoms with E-state index in [1.165, 1.54) is 6.20 Å². The standard InChI is InChI=1S/C20H16ClN3O3/c21-14-2-4-15(5-3-14)23-19-8-1-13(12-22-19)20(25)24-16-6-7-17-18(11-16)27-10-9-26-17/h1-8,11-12H,9-10H2,(H,22,23)(H,24,25). The van der Waals surface area contributed by atoms with E-state index in [2.05, 4.69) is 15.6 Å². The summed E-state index contributed by atoms with van der Waals surface area (Å²) in [7, 11) is 0. The topological polar surface area (TPSA) is 72.5 Å². The van der Waals surface area contributed by atoms with Gasteiger partial charge in [0.25, 0.3) is 5.91 Å². The van der Waals surface area contributed by atoms with Crippen LogP contribution in [-0.2, 0) is 0 Å². The predicted octanol–water partition coefficient (Wildman–Crippen LogP) is 4.50. The lowest BCUT2D eigenvalue weighted by Crippen LogP contribution is -2.16. The van der Waals surface area contributed by atoms with E-state index in [0.717, 1.165) is 5.69 Å². The summed E-state index contributed by atoms with van der Waals surface area (Å²) in [5, 5.41) is 6.65. The van der Waals surface area contributed by atoms with Gasteiger partial charge in [-0.05, 0) is 48.5 Å². The van der Waals surface area contributed by atoms with Crippen LogP contribution in [0.3, 0.4) is 0 Å². The van der Waals surface area contributed by atoms with Crippen LogP contribution in [0.4, 0.5) is 17.2 Å². The van der Waals surface area contributed by atoms with Crippen LogP contribution in [0.25, 0.3) is 0 Å². The van der Waals surface area contributed by atoms with Gasteiger partial charge in [-0.1, -0.05) is 11.6 Å². The van der Waals surface area contributed by atoms with Crippen molar-refractivity contribution in [2.24, 2.45) is 0 Å². The van der Waals surface area contributed by atoms with Crippen molar-refractivity contribution in [2.75, 3.05) is 23.8 Å². The van der Waals surface area contributed by atoms with Crippen LogP contribution in [0.1, 0.15) is 10.4 Å². The molecule has 27 heavy (non-hydrogen) atoms. The van der Waals surface area contributed by atoms with Gasteiger partial charge in [0.1, 0.15) is 19.0 Å². The molecule has 0 spiro atoms. The second-order valence-corrected chi connectivity index (χ2v) is 6.31. The van der Waals surface area contributed by atoms with Gasteiger partial charge in [0.2, 0.25) is 0 Å². The Labute approximate surface area is 161 Å². The number of amides is 1. The number of nitrogens with zero attached hydrogens (tertiary/aromatic N) is 1. The molecule has 0 atom stereocenters. The summed E-state index contributed by atoms with van der Waals surface area (Å²) in [6, 6.07) is 16.0. The fraction of sp³-hybridized carbons (Fsp3) is 0.100. The molecule has 0 saturated carbocycles. The number of anilines is 3. The van der Waals surface area contributed by atoms with Crippen LogP contribution >= 0.6 is 11.6 Å². The van der Waals surface area contributed by atoms with Gasteiger partial charge in [-0.3, -0.25) is 4.79 Å². The molecule has 2 N–H and O–H groups in total. The number of carbonyl (C=O) groups excluding carboxylic acids is 1. The number of hydrogen-bond acceptors (Lipinski definition) is 5. The maximum atomic E-state index is 12.4. The zero-order valence-corrected chi connectivity index (χ0v) is 15.0. The van der Waals surface area contributed by atoms with Crippen LogP contribution in [0, 0.1) is 0 Å². The SMILES string of the molecule is O=C(Nc1ccc2c(c1)OCCO2)c1ccc(Nc2ccc(Cl)cc2)nc1. The number of benzene rings is 2. The number of rotatable bonds is 4. The molecule has 0 saturated heterocycles.